The predicted octanol–water partition coefficient (Wildman–Crippen LogP) is 4.03. The summed E-state index contributed by atoms with van der Waals surface area (Å²) in [4.78, 5) is 12.1. The molecule has 0 spiro atoms. The molecule has 148 valence electrons. The number of fused-ring (bicyclic) bond motifs is 1. The van der Waals surface area contributed by atoms with E-state index in [0.29, 0.717) is 24.1 Å². The molecule has 1 saturated heterocycles. The molecule has 1 aromatic carbocycles. The Kier molecular flexibility index (Phi) is 5.41. The average molecular weight is 404 g/mol. The van der Waals surface area contributed by atoms with Gasteiger partial charge in [-0.3, -0.25) is 5.32 Å². The first-order valence-corrected chi connectivity index (χ1v) is 9.70. The molecule has 0 saturated carbocycles. The van der Waals surface area contributed by atoms with E-state index in [2.05, 4.69) is 11.4 Å². The van der Waals surface area contributed by atoms with Crippen LogP contribution in [0.25, 0.3) is 10.1 Å². The molecule has 1 aliphatic heterocycles. The Balaban J connectivity index is 2.01. The molecule has 0 atom stereocenters. The molecule has 2 aromatic rings. The zero-order valence-electron chi connectivity index (χ0n) is 16.5. The molecule has 0 radical (unpaired) electrons. The molecule has 0 bridgehead atoms. The lowest BCUT2D eigenvalue weighted by atomic mass is 9.73. The molecule has 28 heavy (non-hydrogen) atoms. The van der Waals surface area contributed by atoms with Crippen molar-refractivity contribution >= 4 is 45.1 Å². The van der Waals surface area contributed by atoms with Crippen molar-refractivity contribution in [2.24, 2.45) is 5.41 Å². The number of hydrogen-bond donors (Lipinski definition) is 1. The molecular formula is C19H22BFN2O4S. The summed E-state index contributed by atoms with van der Waals surface area (Å²) in [7, 11) is -0.702. The van der Waals surface area contributed by atoms with Gasteiger partial charge in [0.05, 0.1) is 10.3 Å². The van der Waals surface area contributed by atoms with Crippen LogP contribution in [0.15, 0.2) is 12.1 Å². The molecule has 3 rings (SSSR count). The second-order valence-electron chi connectivity index (χ2n) is 8.50. The minimum atomic E-state index is -0.704. The van der Waals surface area contributed by atoms with E-state index < -0.39 is 24.6 Å². The number of nitrogens with zero attached hydrogens (tertiary/aromatic N) is 1. The Morgan fingerprint density at radius 1 is 1.36 bits per heavy atom. The predicted molar refractivity (Wildman–Crippen MR) is 107 cm³/mol. The van der Waals surface area contributed by atoms with Gasteiger partial charge in [-0.1, -0.05) is 19.9 Å². The van der Waals surface area contributed by atoms with Gasteiger partial charge >= 0.3 is 13.2 Å². The van der Waals surface area contributed by atoms with Crippen LogP contribution in [-0.4, -0.2) is 32.0 Å². The highest BCUT2D eigenvalue weighted by atomic mass is 32.1. The number of amides is 1. The molecule has 0 unspecified atom stereocenters. The number of rotatable bonds is 2. The number of halogens is 1. The topological polar surface area (TPSA) is 80.6 Å². The Hall–Kier alpha value is -2.15. The zero-order valence-corrected chi connectivity index (χ0v) is 17.3. The normalized spacial score (nSPS) is 16.7. The SMILES string of the molecule is CC1(C)COB(c2ccc(F)c3sc(NC(=O)OC(C)(C)C)c(C#N)c23)OC1. The van der Waals surface area contributed by atoms with E-state index in [4.69, 9.17) is 14.0 Å². The van der Waals surface area contributed by atoms with E-state index in [1.165, 1.54) is 6.07 Å². The summed E-state index contributed by atoms with van der Waals surface area (Å²) < 4.78 is 31.6. The fourth-order valence-corrected chi connectivity index (χ4v) is 3.93. The van der Waals surface area contributed by atoms with E-state index in [9.17, 15) is 14.4 Å². The lowest BCUT2D eigenvalue weighted by molar-refractivity contribution is 0.0344. The first kappa shape index (κ1) is 20.6. The summed E-state index contributed by atoms with van der Waals surface area (Å²) in [5.74, 6) is -0.478. The Morgan fingerprint density at radius 2 is 2.00 bits per heavy atom. The van der Waals surface area contributed by atoms with E-state index in [1.807, 2.05) is 13.8 Å². The van der Waals surface area contributed by atoms with Crippen LogP contribution in [0.2, 0.25) is 0 Å². The fourth-order valence-electron chi connectivity index (χ4n) is 2.86. The summed E-state index contributed by atoms with van der Waals surface area (Å²) in [5, 5.41) is 12.9. The number of anilines is 1. The second kappa shape index (κ2) is 7.35. The number of hydrogen-bond acceptors (Lipinski definition) is 6. The van der Waals surface area contributed by atoms with Crippen LogP contribution >= 0.6 is 11.3 Å². The molecule has 9 heteroatoms. The summed E-state index contributed by atoms with van der Waals surface area (Å²) >= 11 is 0.987. The largest absolute Gasteiger partial charge is 0.494 e. The van der Waals surface area contributed by atoms with Crippen molar-refractivity contribution in [3.8, 4) is 6.07 Å². The summed E-state index contributed by atoms with van der Waals surface area (Å²) in [5.41, 5.74) is -0.0823. The monoisotopic (exact) mass is 404 g/mol. The lowest BCUT2D eigenvalue weighted by Gasteiger charge is -2.33. The average Bonchev–Trinajstić information content (AvgIpc) is 2.93. The molecule has 1 fully saturated rings. The number of benzene rings is 1. The minimum Gasteiger partial charge on any atom is -0.444 e. The van der Waals surface area contributed by atoms with Crippen molar-refractivity contribution in [1.29, 1.82) is 5.26 Å². The smallest absolute Gasteiger partial charge is 0.444 e. The third kappa shape index (κ3) is 4.30. The van der Waals surface area contributed by atoms with E-state index >= 15 is 0 Å². The van der Waals surface area contributed by atoms with Crippen LogP contribution in [0.5, 0.6) is 0 Å². The van der Waals surface area contributed by atoms with Crippen molar-refractivity contribution < 1.29 is 23.2 Å². The molecule has 1 aliphatic rings. The van der Waals surface area contributed by atoms with Crippen LogP contribution in [0.4, 0.5) is 14.2 Å². The summed E-state index contributed by atoms with van der Waals surface area (Å²) in [6.07, 6.45) is -0.704. The molecule has 6 nitrogen and oxygen atoms in total. The highest BCUT2D eigenvalue weighted by Crippen LogP contribution is 2.37. The Bertz CT molecular complexity index is 951. The van der Waals surface area contributed by atoms with E-state index in [1.54, 1.807) is 26.8 Å². The van der Waals surface area contributed by atoms with Gasteiger partial charge in [-0.15, -0.1) is 11.3 Å². The highest BCUT2D eigenvalue weighted by molar-refractivity contribution is 7.23. The van der Waals surface area contributed by atoms with Crippen LogP contribution in [0, 0.1) is 22.6 Å². The van der Waals surface area contributed by atoms with Crippen LogP contribution in [0.1, 0.15) is 40.2 Å². The molecule has 1 N–H and O–H groups in total. The number of ether oxygens (including phenoxy) is 1. The van der Waals surface area contributed by atoms with Crippen LogP contribution in [0.3, 0.4) is 0 Å². The van der Waals surface area contributed by atoms with Crippen molar-refractivity contribution in [3.05, 3.63) is 23.5 Å². The molecular weight excluding hydrogens is 382 g/mol. The fraction of sp³-hybridized carbons (Fsp3) is 0.474. The van der Waals surface area contributed by atoms with Gasteiger partial charge in [0.1, 0.15) is 22.5 Å². The van der Waals surface area contributed by atoms with Gasteiger partial charge in [0.2, 0.25) is 0 Å². The van der Waals surface area contributed by atoms with Gasteiger partial charge in [-0.25, -0.2) is 9.18 Å². The Morgan fingerprint density at radius 3 is 2.57 bits per heavy atom. The number of carbonyl (C=O) groups excluding carboxylic acids is 1. The Labute approximate surface area is 167 Å². The third-order valence-electron chi connectivity index (χ3n) is 4.05. The number of nitrogens with one attached hydrogen (secondary N) is 1. The molecule has 1 aromatic heterocycles. The van der Waals surface area contributed by atoms with Gasteiger partial charge in [-0.2, -0.15) is 5.26 Å². The van der Waals surface area contributed by atoms with Crippen molar-refractivity contribution in [2.45, 2.75) is 40.2 Å². The quantitative estimate of drug-likeness (QED) is 0.765. The van der Waals surface area contributed by atoms with Crippen molar-refractivity contribution in [1.82, 2.24) is 0 Å². The number of nitriles is 1. The van der Waals surface area contributed by atoms with E-state index in [0.717, 1.165) is 11.3 Å². The maximum Gasteiger partial charge on any atom is 0.494 e. The van der Waals surface area contributed by atoms with Gasteiger partial charge in [0, 0.05) is 24.0 Å². The first-order chi connectivity index (χ1) is 13.0. The summed E-state index contributed by atoms with van der Waals surface area (Å²) in [6.45, 7) is 10.2. The number of carbonyl (C=O) groups is 1. The highest BCUT2D eigenvalue weighted by Gasteiger charge is 2.36. The van der Waals surface area contributed by atoms with Crippen molar-refractivity contribution in [3.63, 3.8) is 0 Å². The minimum absolute atomic E-state index is 0.119. The van der Waals surface area contributed by atoms with Crippen molar-refractivity contribution in [2.75, 3.05) is 18.5 Å². The molecule has 2 heterocycles. The van der Waals surface area contributed by atoms with Gasteiger partial charge in [0.25, 0.3) is 0 Å². The zero-order chi connectivity index (χ0) is 20.7. The molecule has 0 aliphatic carbocycles. The maximum atomic E-state index is 14.5. The number of thiophene rings is 1. The van der Waals surface area contributed by atoms with Gasteiger partial charge < -0.3 is 14.0 Å². The standard InChI is InChI=1S/C19H22BFN2O4S/c1-18(2,3)27-17(24)23-16-11(8-22)14-12(6-7-13(21)15(14)28-16)20-25-9-19(4,5)10-26-20/h6-7H,9-10H2,1-5H3,(H,23,24). The van der Waals surface area contributed by atoms with E-state index in [-0.39, 0.29) is 20.7 Å². The second-order valence-corrected chi connectivity index (χ2v) is 9.52. The molecule has 1 amide bonds. The van der Waals surface area contributed by atoms with Crippen LogP contribution < -0.4 is 10.8 Å². The van der Waals surface area contributed by atoms with Gasteiger partial charge in [0.15, 0.2) is 0 Å². The van der Waals surface area contributed by atoms with Crippen LogP contribution in [-0.2, 0) is 14.0 Å². The maximum absolute atomic E-state index is 14.5. The first-order valence-electron chi connectivity index (χ1n) is 8.89. The summed E-state index contributed by atoms with van der Waals surface area (Å²) in [6, 6.07) is 4.95. The lowest BCUT2D eigenvalue weighted by Crippen LogP contribution is -2.47. The third-order valence-corrected chi connectivity index (χ3v) is 5.17. The van der Waals surface area contributed by atoms with Gasteiger partial charge in [-0.05, 0) is 32.3 Å².